The number of amides is 1. The number of hydrogen-bond donors (Lipinski definition) is 1. The zero-order chi connectivity index (χ0) is 15.5. The van der Waals surface area contributed by atoms with E-state index >= 15 is 0 Å². The lowest BCUT2D eigenvalue weighted by Gasteiger charge is -2.34. The van der Waals surface area contributed by atoms with E-state index in [1.165, 1.54) is 25.8 Å². The fourth-order valence-corrected chi connectivity index (χ4v) is 3.73. The lowest BCUT2D eigenvalue weighted by Crippen LogP contribution is -2.43. The highest BCUT2D eigenvalue weighted by atomic mass is 16.2. The number of nitrogens with one attached hydrogen (secondary N) is 1. The number of carbonyl (C=O) groups excluding carboxylic acids is 1. The summed E-state index contributed by atoms with van der Waals surface area (Å²) in [6.45, 7) is 11.9. The summed E-state index contributed by atoms with van der Waals surface area (Å²) in [5.41, 5.74) is -0.348. The summed E-state index contributed by atoms with van der Waals surface area (Å²) in [4.78, 5) is 17.3. The molecule has 0 bridgehead atoms. The Balaban J connectivity index is 1.85. The first-order valence-electron chi connectivity index (χ1n) is 8.84. The molecule has 0 radical (unpaired) electrons. The molecular weight excluding hydrogens is 262 g/mol. The van der Waals surface area contributed by atoms with Crippen LogP contribution in [0, 0.1) is 0 Å². The van der Waals surface area contributed by atoms with Crippen molar-refractivity contribution in [1.29, 1.82) is 0 Å². The lowest BCUT2D eigenvalue weighted by molar-refractivity contribution is -0.133. The molecule has 4 nitrogen and oxygen atoms in total. The predicted octanol–water partition coefficient (Wildman–Crippen LogP) is 2.59. The maximum atomic E-state index is 12.6. The molecule has 21 heavy (non-hydrogen) atoms. The first kappa shape index (κ1) is 16.8. The third-order valence-corrected chi connectivity index (χ3v) is 5.47. The van der Waals surface area contributed by atoms with Gasteiger partial charge in [-0.05, 0) is 52.5 Å². The topological polar surface area (TPSA) is 35.6 Å². The summed E-state index contributed by atoms with van der Waals surface area (Å²) in [6.07, 6.45) is 7.20. The number of likely N-dealkylation sites (tertiary alicyclic amines) is 1. The van der Waals surface area contributed by atoms with Crippen molar-refractivity contribution >= 4 is 5.91 Å². The van der Waals surface area contributed by atoms with Crippen LogP contribution in [0.5, 0.6) is 0 Å². The van der Waals surface area contributed by atoms with Crippen LogP contribution in [0.25, 0.3) is 0 Å². The van der Waals surface area contributed by atoms with Crippen LogP contribution in [0.15, 0.2) is 0 Å². The van der Waals surface area contributed by atoms with Crippen molar-refractivity contribution in [3.8, 4) is 0 Å². The van der Waals surface area contributed by atoms with Crippen molar-refractivity contribution in [2.45, 2.75) is 84.0 Å². The summed E-state index contributed by atoms with van der Waals surface area (Å²) in [5, 5.41) is 3.53. The minimum absolute atomic E-state index is 0.223. The predicted molar refractivity (Wildman–Crippen MR) is 87.1 cm³/mol. The van der Waals surface area contributed by atoms with Crippen molar-refractivity contribution in [2.24, 2.45) is 0 Å². The standard InChI is InChI=1S/C17H33N3O/c1-5-15-18-17(4,6-2)16(21)20(15)13-9-12-19-11-8-7-10-14(19)3/h14-15,18H,5-13H2,1-4H3. The van der Waals surface area contributed by atoms with Crippen molar-refractivity contribution < 1.29 is 4.79 Å². The molecule has 122 valence electrons. The van der Waals surface area contributed by atoms with Crippen LogP contribution in [-0.4, -0.2) is 53.1 Å². The molecule has 2 heterocycles. The molecule has 3 unspecified atom stereocenters. The largest absolute Gasteiger partial charge is 0.326 e. The molecule has 2 aliphatic heterocycles. The summed E-state index contributed by atoms with van der Waals surface area (Å²) in [6, 6.07) is 0.717. The average molecular weight is 295 g/mol. The number of carbonyl (C=O) groups is 1. The van der Waals surface area contributed by atoms with Crippen LogP contribution in [-0.2, 0) is 4.79 Å². The minimum Gasteiger partial charge on any atom is -0.326 e. The summed E-state index contributed by atoms with van der Waals surface area (Å²) in [5.74, 6) is 0.295. The molecule has 0 aliphatic carbocycles. The Labute approximate surface area is 130 Å². The van der Waals surface area contributed by atoms with Gasteiger partial charge in [0.25, 0.3) is 0 Å². The first-order chi connectivity index (χ1) is 10.0. The van der Waals surface area contributed by atoms with Crippen molar-refractivity contribution in [3.05, 3.63) is 0 Å². The van der Waals surface area contributed by atoms with Crippen LogP contribution < -0.4 is 5.32 Å². The highest BCUT2D eigenvalue weighted by Gasteiger charge is 2.45. The van der Waals surface area contributed by atoms with Crippen LogP contribution in [0.1, 0.15) is 66.2 Å². The Morgan fingerprint density at radius 3 is 2.67 bits per heavy atom. The zero-order valence-electron chi connectivity index (χ0n) is 14.3. The van der Waals surface area contributed by atoms with Gasteiger partial charge in [0.2, 0.25) is 5.91 Å². The van der Waals surface area contributed by atoms with Gasteiger partial charge in [-0.15, -0.1) is 0 Å². The van der Waals surface area contributed by atoms with Crippen molar-refractivity contribution in [3.63, 3.8) is 0 Å². The molecule has 4 heteroatoms. The van der Waals surface area contributed by atoms with Gasteiger partial charge in [0.05, 0.1) is 11.7 Å². The van der Waals surface area contributed by atoms with Gasteiger partial charge in [-0.2, -0.15) is 0 Å². The molecule has 2 saturated heterocycles. The smallest absolute Gasteiger partial charge is 0.243 e. The summed E-state index contributed by atoms with van der Waals surface area (Å²) >= 11 is 0. The lowest BCUT2D eigenvalue weighted by atomic mass is 9.99. The normalized spacial score (nSPS) is 34.7. The molecule has 0 aromatic heterocycles. The maximum absolute atomic E-state index is 12.6. The van der Waals surface area contributed by atoms with Crippen molar-refractivity contribution in [2.75, 3.05) is 19.6 Å². The van der Waals surface area contributed by atoms with Gasteiger partial charge < -0.3 is 9.80 Å². The van der Waals surface area contributed by atoms with E-state index in [1.807, 2.05) is 6.92 Å². The van der Waals surface area contributed by atoms with Crippen LogP contribution in [0.2, 0.25) is 0 Å². The summed E-state index contributed by atoms with van der Waals surface area (Å²) in [7, 11) is 0. The SMILES string of the molecule is CCC1NC(C)(CC)C(=O)N1CCCN1CCCCC1C. The van der Waals surface area contributed by atoms with E-state index in [0.29, 0.717) is 11.9 Å². The van der Waals surface area contributed by atoms with Gasteiger partial charge in [0.15, 0.2) is 0 Å². The molecule has 2 rings (SSSR count). The Hall–Kier alpha value is -0.610. The van der Waals surface area contributed by atoms with Gasteiger partial charge in [-0.1, -0.05) is 20.3 Å². The second kappa shape index (κ2) is 7.10. The van der Waals surface area contributed by atoms with E-state index in [-0.39, 0.29) is 11.7 Å². The average Bonchev–Trinajstić information content (AvgIpc) is 2.74. The molecule has 0 aromatic carbocycles. The quantitative estimate of drug-likeness (QED) is 0.818. The van der Waals surface area contributed by atoms with Gasteiger partial charge in [0.1, 0.15) is 0 Å². The maximum Gasteiger partial charge on any atom is 0.243 e. The fourth-order valence-electron chi connectivity index (χ4n) is 3.73. The van der Waals surface area contributed by atoms with Gasteiger partial charge in [0, 0.05) is 19.1 Å². The molecule has 2 aliphatic rings. The van der Waals surface area contributed by atoms with Gasteiger partial charge >= 0.3 is 0 Å². The van der Waals surface area contributed by atoms with Gasteiger partial charge in [-0.3, -0.25) is 10.1 Å². The second-order valence-electron chi connectivity index (χ2n) is 6.99. The number of nitrogens with zero attached hydrogens (tertiary/aromatic N) is 2. The molecule has 0 saturated carbocycles. The van der Waals surface area contributed by atoms with Crippen LogP contribution in [0.4, 0.5) is 0 Å². The van der Waals surface area contributed by atoms with Crippen molar-refractivity contribution in [1.82, 2.24) is 15.1 Å². The number of rotatable bonds is 6. The van der Waals surface area contributed by atoms with E-state index in [0.717, 1.165) is 32.4 Å². The molecule has 1 N–H and O–H groups in total. The van der Waals surface area contributed by atoms with Gasteiger partial charge in [-0.25, -0.2) is 0 Å². The fraction of sp³-hybridized carbons (Fsp3) is 0.941. The van der Waals surface area contributed by atoms with E-state index in [9.17, 15) is 4.79 Å². The first-order valence-corrected chi connectivity index (χ1v) is 8.84. The molecule has 1 amide bonds. The highest BCUT2D eigenvalue weighted by Crippen LogP contribution is 2.25. The molecule has 0 spiro atoms. The van der Waals surface area contributed by atoms with E-state index in [4.69, 9.17) is 0 Å². The molecule has 3 atom stereocenters. The molecular formula is C17H33N3O. The minimum atomic E-state index is -0.348. The van der Waals surface area contributed by atoms with E-state index < -0.39 is 0 Å². The Bertz CT molecular complexity index is 360. The highest BCUT2D eigenvalue weighted by molar-refractivity contribution is 5.88. The third-order valence-electron chi connectivity index (χ3n) is 5.47. The summed E-state index contributed by atoms with van der Waals surface area (Å²) < 4.78 is 0. The Kier molecular flexibility index (Phi) is 5.67. The number of hydrogen-bond acceptors (Lipinski definition) is 3. The number of piperidine rings is 1. The zero-order valence-corrected chi connectivity index (χ0v) is 14.3. The molecule has 2 fully saturated rings. The van der Waals surface area contributed by atoms with Crippen LogP contribution in [0.3, 0.4) is 0 Å². The molecule has 0 aromatic rings. The Morgan fingerprint density at radius 1 is 1.29 bits per heavy atom. The third kappa shape index (κ3) is 3.59. The van der Waals surface area contributed by atoms with Crippen LogP contribution >= 0.6 is 0 Å². The Morgan fingerprint density at radius 2 is 2.05 bits per heavy atom. The monoisotopic (exact) mass is 295 g/mol. The van der Waals surface area contributed by atoms with E-state index in [1.54, 1.807) is 0 Å². The van der Waals surface area contributed by atoms with E-state index in [2.05, 4.69) is 35.9 Å². The second-order valence-corrected chi connectivity index (χ2v) is 6.99.